The van der Waals surface area contributed by atoms with Crippen LogP contribution in [0.5, 0.6) is 0 Å². The van der Waals surface area contributed by atoms with Gasteiger partial charge in [0.2, 0.25) is 0 Å². The molecule has 0 amide bonds. The average Bonchev–Trinajstić information content (AvgIpc) is 2.91. The zero-order valence-electron chi connectivity index (χ0n) is 10.3. The normalized spacial score (nSPS) is 21.2. The largest absolute Gasteiger partial charge is 0.304 e. The predicted molar refractivity (Wildman–Crippen MR) is 70.6 cm³/mol. The number of nitrogens with zero attached hydrogens (tertiary/aromatic N) is 2. The molecule has 0 bridgehead atoms. The van der Waals surface area contributed by atoms with Crippen molar-refractivity contribution >= 4 is 12.2 Å². The topological polar surface area (TPSA) is 33.6 Å². The number of H-pyrrole nitrogens is 1. The zero-order chi connectivity index (χ0) is 11.7. The molecule has 1 heterocycles. The second kappa shape index (κ2) is 4.92. The van der Waals surface area contributed by atoms with Crippen LogP contribution in [0.15, 0.2) is 0 Å². The van der Waals surface area contributed by atoms with Gasteiger partial charge in [0.05, 0.1) is 0 Å². The molecular weight excluding hydrogens is 230 g/mol. The quantitative estimate of drug-likeness (QED) is 0.808. The molecule has 0 radical (unpaired) electrons. The Morgan fingerprint density at radius 1 is 1.24 bits per heavy atom. The smallest absolute Gasteiger partial charge is 0.195 e. The SMILES string of the molecule is S=c1[nH]nc(C2CC2)n1CCCC1CCCC1. The van der Waals surface area contributed by atoms with E-state index >= 15 is 0 Å². The van der Waals surface area contributed by atoms with E-state index in [-0.39, 0.29) is 0 Å². The lowest BCUT2D eigenvalue weighted by atomic mass is 10.0. The fourth-order valence-corrected chi connectivity index (χ4v) is 3.27. The van der Waals surface area contributed by atoms with Gasteiger partial charge in [0.25, 0.3) is 0 Å². The molecule has 0 saturated heterocycles. The standard InChI is InChI=1S/C13H21N3S/c17-13-15-14-12(11-7-8-11)16(13)9-3-6-10-4-1-2-5-10/h10-11H,1-9H2,(H,15,17). The monoisotopic (exact) mass is 251 g/mol. The third-order valence-electron chi connectivity index (χ3n) is 4.20. The number of aromatic nitrogens is 3. The molecule has 2 fully saturated rings. The van der Waals surface area contributed by atoms with E-state index in [0.717, 1.165) is 17.2 Å². The molecule has 2 saturated carbocycles. The highest BCUT2D eigenvalue weighted by Gasteiger charge is 2.28. The lowest BCUT2D eigenvalue weighted by Crippen LogP contribution is -2.05. The maximum absolute atomic E-state index is 5.31. The van der Waals surface area contributed by atoms with Gasteiger partial charge in [0.1, 0.15) is 5.82 Å². The summed E-state index contributed by atoms with van der Waals surface area (Å²) in [6.07, 6.45) is 11.0. The van der Waals surface area contributed by atoms with Gasteiger partial charge in [-0.1, -0.05) is 25.7 Å². The van der Waals surface area contributed by atoms with E-state index in [4.69, 9.17) is 12.2 Å². The minimum absolute atomic E-state index is 0.689. The zero-order valence-corrected chi connectivity index (χ0v) is 11.1. The number of hydrogen-bond donors (Lipinski definition) is 1. The first-order valence-electron chi connectivity index (χ1n) is 6.99. The van der Waals surface area contributed by atoms with E-state index in [1.54, 1.807) is 0 Å². The molecule has 17 heavy (non-hydrogen) atoms. The fraction of sp³-hybridized carbons (Fsp3) is 0.846. The molecule has 0 aliphatic heterocycles. The van der Waals surface area contributed by atoms with Gasteiger partial charge in [-0.15, -0.1) is 0 Å². The molecule has 4 heteroatoms. The lowest BCUT2D eigenvalue weighted by Gasteiger charge is -2.10. The summed E-state index contributed by atoms with van der Waals surface area (Å²) in [7, 11) is 0. The Morgan fingerprint density at radius 3 is 2.71 bits per heavy atom. The Kier molecular flexibility index (Phi) is 3.32. The predicted octanol–water partition coefficient (Wildman–Crippen LogP) is 3.79. The summed E-state index contributed by atoms with van der Waals surface area (Å²) in [6.45, 7) is 1.07. The summed E-state index contributed by atoms with van der Waals surface area (Å²) in [4.78, 5) is 0. The average molecular weight is 251 g/mol. The molecule has 0 unspecified atom stereocenters. The molecule has 1 aromatic rings. The van der Waals surface area contributed by atoms with Crippen molar-refractivity contribution in [2.24, 2.45) is 5.92 Å². The Morgan fingerprint density at radius 2 is 2.00 bits per heavy atom. The minimum atomic E-state index is 0.689. The van der Waals surface area contributed by atoms with E-state index in [1.807, 2.05) is 0 Å². The highest BCUT2D eigenvalue weighted by molar-refractivity contribution is 7.71. The summed E-state index contributed by atoms with van der Waals surface area (Å²) >= 11 is 5.31. The van der Waals surface area contributed by atoms with Crippen LogP contribution in [0.4, 0.5) is 0 Å². The van der Waals surface area contributed by atoms with E-state index in [0.29, 0.717) is 5.92 Å². The van der Waals surface area contributed by atoms with Crippen LogP contribution < -0.4 is 0 Å². The highest BCUT2D eigenvalue weighted by Crippen LogP contribution is 2.39. The second-order valence-electron chi connectivity index (χ2n) is 5.61. The van der Waals surface area contributed by atoms with E-state index in [2.05, 4.69) is 14.8 Å². The van der Waals surface area contributed by atoms with Crippen molar-refractivity contribution in [1.29, 1.82) is 0 Å². The van der Waals surface area contributed by atoms with Gasteiger partial charge in [0, 0.05) is 12.5 Å². The molecule has 1 N–H and O–H groups in total. The molecule has 94 valence electrons. The van der Waals surface area contributed by atoms with Crippen molar-refractivity contribution in [3.05, 3.63) is 10.6 Å². The highest BCUT2D eigenvalue weighted by atomic mass is 32.1. The molecule has 0 atom stereocenters. The molecule has 0 aromatic carbocycles. The van der Waals surface area contributed by atoms with Gasteiger partial charge < -0.3 is 4.57 Å². The van der Waals surface area contributed by atoms with Crippen LogP contribution in [0, 0.1) is 10.7 Å². The van der Waals surface area contributed by atoms with Crippen LogP contribution in [0.3, 0.4) is 0 Å². The summed E-state index contributed by atoms with van der Waals surface area (Å²) < 4.78 is 3.06. The Bertz CT molecular complexity index is 424. The van der Waals surface area contributed by atoms with Crippen LogP contribution in [0.1, 0.15) is 63.1 Å². The maximum Gasteiger partial charge on any atom is 0.195 e. The van der Waals surface area contributed by atoms with E-state index in [9.17, 15) is 0 Å². The van der Waals surface area contributed by atoms with Gasteiger partial charge in [0.15, 0.2) is 4.77 Å². The Labute approximate surface area is 108 Å². The van der Waals surface area contributed by atoms with E-state index < -0.39 is 0 Å². The number of hydrogen-bond acceptors (Lipinski definition) is 2. The van der Waals surface area contributed by atoms with Crippen LogP contribution >= 0.6 is 12.2 Å². The summed E-state index contributed by atoms with van der Waals surface area (Å²) in [5, 5.41) is 7.33. The molecule has 3 nitrogen and oxygen atoms in total. The van der Waals surface area contributed by atoms with Crippen LogP contribution in [-0.2, 0) is 6.54 Å². The van der Waals surface area contributed by atoms with Crippen molar-refractivity contribution in [2.75, 3.05) is 0 Å². The third-order valence-corrected chi connectivity index (χ3v) is 4.51. The first kappa shape index (κ1) is 11.5. The van der Waals surface area contributed by atoms with Crippen molar-refractivity contribution in [3.8, 4) is 0 Å². The van der Waals surface area contributed by atoms with Crippen LogP contribution in [0.2, 0.25) is 0 Å². The lowest BCUT2D eigenvalue weighted by molar-refractivity contribution is 0.453. The first-order valence-corrected chi connectivity index (χ1v) is 7.40. The van der Waals surface area contributed by atoms with Gasteiger partial charge in [-0.3, -0.25) is 5.10 Å². The molecule has 2 aliphatic rings. The number of rotatable bonds is 5. The van der Waals surface area contributed by atoms with E-state index in [1.165, 1.54) is 57.2 Å². The Hall–Kier alpha value is -0.640. The fourth-order valence-electron chi connectivity index (χ4n) is 3.04. The molecule has 0 spiro atoms. The van der Waals surface area contributed by atoms with Gasteiger partial charge in [-0.25, -0.2) is 0 Å². The van der Waals surface area contributed by atoms with Crippen molar-refractivity contribution in [1.82, 2.24) is 14.8 Å². The minimum Gasteiger partial charge on any atom is -0.304 e. The van der Waals surface area contributed by atoms with Crippen molar-refractivity contribution in [2.45, 2.75) is 63.8 Å². The van der Waals surface area contributed by atoms with Crippen LogP contribution in [-0.4, -0.2) is 14.8 Å². The van der Waals surface area contributed by atoms with Crippen molar-refractivity contribution in [3.63, 3.8) is 0 Å². The van der Waals surface area contributed by atoms with Gasteiger partial charge in [-0.2, -0.15) is 5.10 Å². The van der Waals surface area contributed by atoms with Gasteiger partial charge in [-0.05, 0) is 43.8 Å². The number of nitrogens with one attached hydrogen (secondary N) is 1. The molecule has 3 rings (SSSR count). The molecule has 2 aliphatic carbocycles. The molecule has 1 aromatic heterocycles. The van der Waals surface area contributed by atoms with Gasteiger partial charge >= 0.3 is 0 Å². The second-order valence-corrected chi connectivity index (χ2v) is 5.99. The summed E-state index contributed by atoms with van der Waals surface area (Å²) in [6, 6.07) is 0. The van der Waals surface area contributed by atoms with Crippen molar-refractivity contribution < 1.29 is 0 Å². The number of aromatic amines is 1. The Balaban J connectivity index is 1.56. The first-order chi connectivity index (χ1) is 8.34. The molecular formula is C13H21N3S. The summed E-state index contributed by atoms with van der Waals surface area (Å²) in [5.41, 5.74) is 0. The maximum atomic E-state index is 5.31. The van der Waals surface area contributed by atoms with Crippen LogP contribution in [0.25, 0.3) is 0 Å². The third kappa shape index (κ3) is 2.62. The summed E-state index contributed by atoms with van der Waals surface area (Å²) in [5.74, 6) is 2.89.